The summed E-state index contributed by atoms with van der Waals surface area (Å²) in [6, 6.07) is 9.32. The van der Waals surface area contributed by atoms with E-state index < -0.39 is 11.9 Å². The molecule has 3 N–H and O–H groups in total. The standard InChI is InChI=1S/C15H20N2O2/c16-15(19)13(10-12-6-7-12)17-14(18)9-8-11-4-2-1-3-5-11/h1-5,12-13H,6-10H2,(H2,16,19)(H,17,18)/t13-/m0/s1. The molecule has 102 valence electrons. The number of carbonyl (C=O) groups excluding carboxylic acids is 2. The Bertz CT molecular complexity index is 441. The maximum Gasteiger partial charge on any atom is 0.240 e. The minimum atomic E-state index is -0.504. The number of primary amides is 1. The Labute approximate surface area is 113 Å². The molecule has 19 heavy (non-hydrogen) atoms. The zero-order valence-corrected chi connectivity index (χ0v) is 11.0. The molecule has 0 unspecified atom stereocenters. The molecule has 1 atom stereocenters. The predicted octanol–water partition coefficient (Wildman–Crippen LogP) is 1.39. The molecule has 0 saturated heterocycles. The first kappa shape index (κ1) is 13.6. The van der Waals surface area contributed by atoms with Gasteiger partial charge in [0.05, 0.1) is 0 Å². The summed E-state index contributed by atoms with van der Waals surface area (Å²) in [7, 11) is 0. The highest BCUT2D eigenvalue weighted by atomic mass is 16.2. The van der Waals surface area contributed by atoms with E-state index in [2.05, 4.69) is 5.32 Å². The number of nitrogens with two attached hydrogens (primary N) is 1. The van der Waals surface area contributed by atoms with Crippen molar-refractivity contribution in [3.8, 4) is 0 Å². The molecule has 0 spiro atoms. The van der Waals surface area contributed by atoms with E-state index in [-0.39, 0.29) is 5.91 Å². The lowest BCUT2D eigenvalue weighted by molar-refractivity contribution is -0.127. The van der Waals surface area contributed by atoms with Gasteiger partial charge < -0.3 is 11.1 Å². The Hall–Kier alpha value is -1.84. The van der Waals surface area contributed by atoms with Gasteiger partial charge in [-0.25, -0.2) is 0 Å². The quantitative estimate of drug-likeness (QED) is 0.777. The predicted molar refractivity (Wildman–Crippen MR) is 73.2 cm³/mol. The van der Waals surface area contributed by atoms with Crippen LogP contribution < -0.4 is 11.1 Å². The SMILES string of the molecule is NC(=O)[C@H](CC1CC1)NC(=O)CCc1ccccc1. The number of hydrogen-bond acceptors (Lipinski definition) is 2. The molecule has 1 aliphatic rings. The Morgan fingerprint density at radius 1 is 1.26 bits per heavy atom. The van der Waals surface area contributed by atoms with Crippen molar-refractivity contribution in [2.45, 2.75) is 38.1 Å². The molecular weight excluding hydrogens is 240 g/mol. The summed E-state index contributed by atoms with van der Waals surface area (Å²) < 4.78 is 0. The summed E-state index contributed by atoms with van der Waals surface area (Å²) in [5, 5.41) is 2.74. The second-order valence-corrected chi connectivity index (χ2v) is 5.19. The van der Waals surface area contributed by atoms with Gasteiger partial charge in [-0.15, -0.1) is 0 Å². The number of carbonyl (C=O) groups is 2. The zero-order chi connectivity index (χ0) is 13.7. The first-order valence-corrected chi connectivity index (χ1v) is 6.78. The van der Waals surface area contributed by atoms with E-state index in [0.29, 0.717) is 25.2 Å². The first-order chi connectivity index (χ1) is 9.15. The van der Waals surface area contributed by atoms with E-state index in [1.165, 1.54) is 0 Å². The third-order valence-electron chi connectivity index (χ3n) is 3.43. The third-order valence-corrected chi connectivity index (χ3v) is 3.43. The monoisotopic (exact) mass is 260 g/mol. The van der Waals surface area contributed by atoms with Crippen molar-refractivity contribution in [3.63, 3.8) is 0 Å². The molecule has 4 nitrogen and oxygen atoms in total. The number of benzene rings is 1. The summed E-state index contributed by atoms with van der Waals surface area (Å²) in [5.74, 6) is 0.0280. The van der Waals surface area contributed by atoms with Crippen molar-refractivity contribution in [2.75, 3.05) is 0 Å². The highest BCUT2D eigenvalue weighted by Gasteiger charge is 2.28. The van der Waals surface area contributed by atoms with Crippen LogP contribution in [0.2, 0.25) is 0 Å². The smallest absolute Gasteiger partial charge is 0.240 e. The largest absolute Gasteiger partial charge is 0.368 e. The minimum absolute atomic E-state index is 0.103. The molecular formula is C15H20N2O2. The highest BCUT2D eigenvalue weighted by Crippen LogP contribution is 2.33. The number of nitrogens with one attached hydrogen (secondary N) is 1. The maximum atomic E-state index is 11.8. The van der Waals surface area contributed by atoms with Gasteiger partial charge in [0.1, 0.15) is 6.04 Å². The van der Waals surface area contributed by atoms with E-state index in [4.69, 9.17) is 5.73 Å². The van der Waals surface area contributed by atoms with Crippen molar-refractivity contribution in [1.82, 2.24) is 5.32 Å². The fourth-order valence-corrected chi connectivity index (χ4v) is 2.10. The van der Waals surface area contributed by atoms with Crippen molar-refractivity contribution in [3.05, 3.63) is 35.9 Å². The van der Waals surface area contributed by atoms with Gasteiger partial charge in [-0.3, -0.25) is 9.59 Å². The second kappa shape index (κ2) is 6.36. The summed E-state index contributed by atoms with van der Waals surface area (Å²) in [6.45, 7) is 0. The molecule has 0 radical (unpaired) electrons. The summed E-state index contributed by atoms with van der Waals surface area (Å²) >= 11 is 0. The number of amides is 2. The Kier molecular flexibility index (Phi) is 4.55. The minimum Gasteiger partial charge on any atom is -0.368 e. The van der Waals surface area contributed by atoms with Gasteiger partial charge >= 0.3 is 0 Å². The van der Waals surface area contributed by atoms with Gasteiger partial charge in [0.25, 0.3) is 0 Å². The molecule has 1 aliphatic carbocycles. The fraction of sp³-hybridized carbons (Fsp3) is 0.467. The number of hydrogen-bond donors (Lipinski definition) is 2. The van der Waals surface area contributed by atoms with Gasteiger partial charge in [-0.05, 0) is 24.3 Å². The van der Waals surface area contributed by atoms with Crippen LogP contribution in [-0.4, -0.2) is 17.9 Å². The van der Waals surface area contributed by atoms with Crippen molar-refractivity contribution >= 4 is 11.8 Å². The van der Waals surface area contributed by atoms with Crippen LogP contribution in [0.3, 0.4) is 0 Å². The average Bonchev–Trinajstić information content (AvgIpc) is 3.21. The van der Waals surface area contributed by atoms with Crippen LogP contribution in [0.5, 0.6) is 0 Å². The van der Waals surface area contributed by atoms with Crippen molar-refractivity contribution < 1.29 is 9.59 Å². The van der Waals surface area contributed by atoms with Gasteiger partial charge in [0.2, 0.25) is 11.8 Å². The molecule has 0 heterocycles. The summed E-state index contributed by atoms with van der Waals surface area (Å²) in [4.78, 5) is 23.1. The zero-order valence-electron chi connectivity index (χ0n) is 11.0. The molecule has 1 fully saturated rings. The first-order valence-electron chi connectivity index (χ1n) is 6.78. The fourth-order valence-electron chi connectivity index (χ4n) is 2.10. The molecule has 0 bridgehead atoms. The third kappa shape index (κ3) is 4.73. The summed E-state index contributed by atoms with van der Waals surface area (Å²) in [6.07, 6.45) is 4.04. The molecule has 2 amide bonds. The van der Waals surface area contributed by atoms with Gasteiger partial charge in [0.15, 0.2) is 0 Å². The lowest BCUT2D eigenvalue weighted by atomic mass is 10.1. The van der Waals surface area contributed by atoms with Crippen LogP contribution in [0.4, 0.5) is 0 Å². The van der Waals surface area contributed by atoms with Crippen molar-refractivity contribution in [1.29, 1.82) is 0 Å². The normalized spacial score (nSPS) is 15.8. The Morgan fingerprint density at radius 2 is 1.95 bits per heavy atom. The molecule has 0 aliphatic heterocycles. The Morgan fingerprint density at radius 3 is 2.53 bits per heavy atom. The average molecular weight is 260 g/mol. The maximum absolute atomic E-state index is 11.8. The summed E-state index contributed by atoms with van der Waals surface area (Å²) in [5.41, 5.74) is 6.44. The van der Waals surface area contributed by atoms with Crippen LogP contribution in [-0.2, 0) is 16.0 Å². The molecule has 1 aromatic rings. The van der Waals surface area contributed by atoms with E-state index in [9.17, 15) is 9.59 Å². The van der Waals surface area contributed by atoms with Crippen LogP contribution >= 0.6 is 0 Å². The molecule has 4 heteroatoms. The molecule has 1 saturated carbocycles. The van der Waals surface area contributed by atoms with Gasteiger partial charge in [0, 0.05) is 6.42 Å². The molecule has 2 rings (SSSR count). The van der Waals surface area contributed by atoms with Crippen molar-refractivity contribution in [2.24, 2.45) is 11.7 Å². The van der Waals surface area contributed by atoms with E-state index in [1.807, 2.05) is 30.3 Å². The second-order valence-electron chi connectivity index (χ2n) is 5.19. The van der Waals surface area contributed by atoms with Crippen LogP contribution in [0.15, 0.2) is 30.3 Å². The molecule has 0 aromatic heterocycles. The highest BCUT2D eigenvalue weighted by molar-refractivity contribution is 5.86. The topological polar surface area (TPSA) is 72.2 Å². The van der Waals surface area contributed by atoms with Crippen LogP contribution in [0.25, 0.3) is 0 Å². The lowest BCUT2D eigenvalue weighted by Crippen LogP contribution is -2.44. The van der Waals surface area contributed by atoms with Gasteiger partial charge in [-0.2, -0.15) is 0 Å². The van der Waals surface area contributed by atoms with E-state index >= 15 is 0 Å². The van der Waals surface area contributed by atoms with Crippen LogP contribution in [0.1, 0.15) is 31.2 Å². The Balaban J connectivity index is 1.77. The van der Waals surface area contributed by atoms with Crippen LogP contribution in [0, 0.1) is 5.92 Å². The molecule has 1 aromatic carbocycles. The lowest BCUT2D eigenvalue weighted by Gasteiger charge is -2.15. The number of aryl methyl sites for hydroxylation is 1. The number of rotatable bonds is 7. The van der Waals surface area contributed by atoms with E-state index in [1.54, 1.807) is 0 Å². The van der Waals surface area contributed by atoms with Gasteiger partial charge in [-0.1, -0.05) is 43.2 Å². The van der Waals surface area contributed by atoms with E-state index in [0.717, 1.165) is 18.4 Å².